The highest BCUT2D eigenvalue weighted by molar-refractivity contribution is 5.12. The molecule has 1 saturated heterocycles. The molecule has 2 N–H and O–H groups in total. The second-order valence-electron chi connectivity index (χ2n) is 4.44. The van der Waals surface area contributed by atoms with Gasteiger partial charge >= 0.3 is 0 Å². The number of likely N-dealkylation sites (tertiary alicyclic amines) is 1. The molecule has 1 atom stereocenters. The third-order valence-corrected chi connectivity index (χ3v) is 2.95. The van der Waals surface area contributed by atoms with Gasteiger partial charge in [-0.3, -0.25) is 9.88 Å². The number of pyridine rings is 1. The van der Waals surface area contributed by atoms with Crippen LogP contribution in [0.3, 0.4) is 0 Å². The minimum atomic E-state index is -0.666. The third kappa shape index (κ3) is 2.57. The van der Waals surface area contributed by atoms with Crippen LogP contribution < -0.4 is 5.73 Å². The molecule has 0 aliphatic carbocycles. The monoisotopic (exact) mass is 216 g/mol. The van der Waals surface area contributed by atoms with Gasteiger partial charge in [-0.05, 0) is 31.0 Å². The Kier molecular flexibility index (Phi) is 3.18. The van der Waals surface area contributed by atoms with Gasteiger partial charge in [0.2, 0.25) is 0 Å². The van der Waals surface area contributed by atoms with Crippen LogP contribution in [0.2, 0.25) is 0 Å². The Morgan fingerprint density at radius 3 is 3.19 bits per heavy atom. The molecular weight excluding hydrogens is 200 g/mol. The minimum Gasteiger partial charge on any atom is -0.312 e. The third-order valence-electron chi connectivity index (χ3n) is 2.95. The summed E-state index contributed by atoms with van der Waals surface area (Å²) in [6.45, 7) is 2.49. The molecule has 0 spiro atoms. The van der Waals surface area contributed by atoms with E-state index in [1.54, 1.807) is 6.20 Å². The van der Waals surface area contributed by atoms with E-state index < -0.39 is 5.54 Å². The second kappa shape index (κ2) is 4.60. The van der Waals surface area contributed by atoms with Crippen LogP contribution in [0.1, 0.15) is 18.4 Å². The molecule has 16 heavy (non-hydrogen) atoms. The highest BCUT2D eigenvalue weighted by Crippen LogP contribution is 2.19. The van der Waals surface area contributed by atoms with Crippen molar-refractivity contribution in [2.24, 2.45) is 5.73 Å². The fourth-order valence-corrected chi connectivity index (χ4v) is 2.15. The lowest BCUT2D eigenvalue weighted by atomic mass is 9.91. The predicted octanol–water partition coefficient (Wildman–Crippen LogP) is 0.898. The predicted molar refractivity (Wildman–Crippen MR) is 61.3 cm³/mol. The average Bonchev–Trinajstić information content (AvgIpc) is 2.30. The van der Waals surface area contributed by atoms with E-state index in [1.165, 1.54) is 5.56 Å². The Morgan fingerprint density at radius 2 is 2.50 bits per heavy atom. The van der Waals surface area contributed by atoms with E-state index in [2.05, 4.69) is 16.0 Å². The summed E-state index contributed by atoms with van der Waals surface area (Å²) in [5.41, 5.74) is 6.49. The fourth-order valence-electron chi connectivity index (χ4n) is 2.15. The van der Waals surface area contributed by atoms with Gasteiger partial charge in [0, 0.05) is 25.5 Å². The molecule has 1 fully saturated rings. The maximum atomic E-state index is 9.02. The molecule has 0 aromatic carbocycles. The zero-order valence-corrected chi connectivity index (χ0v) is 9.26. The Hall–Kier alpha value is -1.44. The van der Waals surface area contributed by atoms with Gasteiger partial charge in [-0.15, -0.1) is 0 Å². The van der Waals surface area contributed by atoms with Crippen molar-refractivity contribution in [3.05, 3.63) is 30.1 Å². The van der Waals surface area contributed by atoms with Gasteiger partial charge in [0.25, 0.3) is 0 Å². The van der Waals surface area contributed by atoms with Crippen molar-refractivity contribution >= 4 is 0 Å². The number of piperidine rings is 1. The number of nitrogens with zero attached hydrogens (tertiary/aromatic N) is 3. The Balaban J connectivity index is 1.99. The lowest BCUT2D eigenvalue weighted by Crippen LogP contribution is -2.52. The summed E-state index contributed by atoms with van der Waals surface area (Å²) in [6.07, 6.45) is 5.42. The van der Waals surface area contributed by atoms with Crippen LogP contribution in [0, 0.1) is 11.3 Å². The van der Waals surface area contributed by atoms with Gasteiger partial charge in [-0.2, -0.15) is 5.26 Å². The van der Waals surface area contributed by atoms with E-state index in [4.69, 9.17) is 11.0 Å². The Bertz CT molecular complexity index is 384. The Labute approximate surface area is 95.7 Å². The molecule has 0 amide bonds. The standard InChI is InChI=1S/C12H16N4/c13-9-12(14)4-2-6-16(10-12)8-11-3-1-5-15-7-11/h1,3,5,7H,2,4,6,8,10,14H2. The molecule has 2 heterocycles. The van der Waals surface area contributed by atoms with E-state index in [0.717, 1.165) is 25.9 Å². The van der Waals surface area contributed by atoms with Gasteiger partial charge in [-0.1, -0.05) is 6.07 Å². The van der Waals surface area contributed by atoms with Crippen LogP contribution in [-0.4, -0.2) is 28.5 Å². The molecule has 1 aromatic rings. The molecule has 2 rings (SSSR count). The lowest BCUT2D eigenvalue weighted by Gasteiger charge is -2.35. The van der Waals surface area contributed by atoms with Gasteiger partial charge in [0.15, 0.2) is 0 Å². The fraction of sp³-hybridized carbons (Fsp3) is 0.500. The van der Waals surface area contributed by atoms with Crippen LogP contribution in [0.15, 0.2) is 24.5 Å². The number of hydrogen-bond acceptors (Lipinski definition) is 4. The molecule has 1 aromatic heterocycles. The molecule has 84 valence electrons. The summed E-state index contributed by atoms with van der Waals surface area (Å²) >= 11 is 0. The molecule has 4 nitrogen and oxygen atoms in total. The molecule has 0 radical (unpaired) electrons. The normalized spacial score (nSPS) is 26.2. The van der Waals surface area contributed by atoms with Crippen LogP contribution in [0.25, 0.3) is 0 Å². The van der Waals surface area contributed by atoms with Gasteiger partial charge in [-0.25, -0.2) is 0 Å². The first-order valence-corrected chi connectivity index (χ1v) is 5.53. The van der Waals surface area contributed by atoms with Crippen molar-refractivity contribution in [1.82, 2.24) is 9.88 Å². The van der Waals surface area contributed by atoms with Crippen molar-refractivity contribution in [2.75, 3.05) is 13.1 Å². The zero-order chi connectivity index (χ0) is 11.4. The van der Waals surface area contributed by atoms with E-state index in [9.17, 15) is 0 Å². The molecule has 0 bridgehead atoms. The summed E-state index contributed by atoms with van der Waals surface area (Å²) < 4.78 is 0. The first kappa shape index (κ1) is 11.1. The Morgan fingerprint density at radius 1 is 1.62 bits per heavy atom. The summed E-state index contributed by atoms with van der Waals surface area (Å²) in [7, 11) is 0. The first-order chi connectivity index (χ1) is 7.72. The average molecular weight is 216 g/mol. The number of hydrogen-bond donors (Lipinski definition) is 1. The maximum Gasteiger partial charge on any atom is 0.117 e. The van der Waals surface area contributed by atoms with Crippen LogP contribution >= 0.6 is 0 Å². The topological polar surface area (TPSA) is 65.9 Å². The smallest absolute Gasteiger partial charge is 0.117 e. The van der Waals surface area contributed by atoms with Crippen molar-refractivity contribution < 1.29 is 0 Å². The van der Waals surface area contributed by atoms with Gasteiger partial charge in [0.05, 0.1) is 6.07 Å². The van der Waals surface area contributed by atoms with Gasteiger partial charge < -0.3 is 5.73 Å². The van der Waals surface area contributed by atoms with Crippen LogP contribution in [0.5, 0.6) is 0 Å². The summed E-state index contributed by atoms with van der Waals surface area (Å²) in [6, 6.07) is 6.19. The largest absolute Gasteiger partial charge is 0.312 e. The highest BCUT2D eigenvalue weighted by Gasteiger charge is 2.31. The van der Waals surface area contributed by atoms with Crippen LogP contribution in [0.4, 0.5) is 0 Å². The molecular formula is C12H16N4. The maximum absolute atomic E-state index is 9.02. The molecule has 0 saturated carbocycles. The molecule has 1 aliphatic rings. The van der Waals surface area contributed by atoms with E-state index in [1.807, 2.05) is 18.3 Å². The molecule has 4 heteroatoms. The quantitative estimate of drug-likeness (QED) is 0.797. The second-order valence-corrected chi connectivity index (χ2v) is 4.44. The van der Waals surface area contributed by atoms with Gasteiger partial charge in [0.1, 0.15) is 5.54 Å². The number of nitriles is 1. The SMILES string of the molecule is N#CC1(N)CCCN(Cc2cccnc2)C1. The van der Waals surface area contributed by atoms with Crippen molar-refractivity contribution in [3.8, 4) is 6.07 Å². The van der Waals surface area contributed by atoms with Crippen molar-refractivity contribution in [3.63, 3.8) is 0 Å². The number of nitrogens with two attached hydrogens (primary N) is 1. The summed E-state index contributed by atoms with van der Waals surface area (Å²) in [5, 5.41) is 9.02. The zero-order valence-electron chi connectivity index (χ0n) is 9.26. The van der Waals surface area contributed by atoms with Crippen molar-refractivity contribution in [2.45, 2.75) is 24.9 Å². The molecule has 1 unspecified atom stereocenters. The minimum absolute atomic E-state index is 0.651. The van der Waals surface area contributed by atoms with Crippen LogP contribution in [-0.2, 0) is 6.54 Å². The first-order valence-electron chi connectivity index (χ1n) is 5.53. The summed E-state index contributed by atoms with van der Waals surface area (Å²) in [4.78, 5) is 6.31. The van der Waals surface area contributed by atoms with E-state index >= 15 is 0 Å². The highest BCUT2D eigenvalue weighted by atomic mass is 15.2. The lowest BCUT2D eigenvalue weighted by molar-refractivity contribution is 0.172. The van der Waals surface area contributed by atoms with E-state index in [0.29, 0.717) is 6.54 Å². The number of rotatable bonds is 2. The molecule has 1 aliphatic heterocycles. The summed E-state index contributed by atoms with van der Waals surface area (Å²) in [5.74, 6) is 0. The number of aromatic nitrogens is 1. The van der Waals surface area contributed by atoms with Crippen molar-refractivity contribution in [1.29, 1.82) is 5.26 Å². The van der Waals surface area contributed by atoms with E-state index in [-0.39, 0.29) is 0 Å².